The normalized spacial score (nSPS) is 10.2. The van der Waals surface area contributed by atoms with Crippen LogP contribution in [0.3, 0.4) is 0 Å². The number of hydrogen-bond acceptors (Lipinski definition) is 1. The summed E-state index contributed by atoms with van der Waals surface area (Å²) in [6.45, 7) is 0.0799. The molecule has 3 nitrogen and oxygen atoms in total. The monoisotopic (exact) mass is 262 g/mol. The number of benzene rings is 2. The minimum absolute atomic E-state index is 0.0799. The molecule has 5 heteroatoms. The Kier molecular flexibility index (Phi) is 3.75. The molecule has 0 spiro atoms. The van der Waals surface area contributed by atoms with Crippen LogP contribution in [0.1, 0.15) is 5.56 Å². The summed E-state index contributed by atoms with van der Waals surface area (Å²) in [6.07, 6.45) is 0. The molecular weight excluding hydrogens is 250 g/mol. The molecule has 0 unspecified atom stereocenters. The maximum atomic E-state index is 13.2. The second kappa shape index (κ2) is 5.48. The highest BCUT2D eigenvalue weighted by Gasteiger charge is 2.13. The lowest BCUT2D eigenvalue weighted by Gasteiger charge is -2.20. The molecule has 98 valence electrons. The van der Waals surface area contributed by atoms with Gasteiger partial charge in [0.1, 0.15) is 11.6 Å². The number of urea groups is 1. The summed E-state index contributed by atoms with van der Waals surface area (Å²) in [5.41, 5.74) is 6.18. The van der Waals surface area contributed by atoms with Crippen molar-refractivity contribution in [2.45, 2.75) is 6.54 Å². The molecule has 0 atom stereocenters. The van der Waals surface area contributed by atoms with E-state index in [9.17, 15) is 13.6 Å². The first-order valence-corrected chi connectivity index (χ1v) is 5.63. The fourth-order valence-corrected chi connectivity index (χ4v) is 1.76. The van der Waals surface area contributed by atoms with Gasteiger partial charge in [0.25, 0.3) is 0 Å². The van der Waals surface area contributed by atoms with Crippen LogP contribution in [0, 0.1) is 11.6 Å². The van der Waals surface area contributed by atoms with Crippen molar-refractivity contribution in [1.82, 2.24) is 0 Å². The van der Waals surface area contributed by atoms with Crippen LogP contribution in [0.2, 0.25) is 0 Å². The van der Waals surface area contributed by atoms with Crippen LogP contribution in [0.4, 0.5) is 19.3 Å². The van der Waals surface area contributed by atoms with Crippen molar-refractivity contribution in [3.8, 4) is 0 Å². The van der Waals surface area contributed by atoms with Gasteiger partial charge >= 0.3 is 6.03 Å². The Morgan fingerprint density at radius 2 is 1.68 bits per heavy atom. The zero-order valence-corrected chi connectivity index (χ0v) is 10.0. The Morgan fingerprint density at radius 1 is 1.05 bits per heavy atom. The minimum Gasteiger partial charge on any atom is -0.351 e. The fourth-order valence-electron chi connectivity index (χ4n) is 1.76. The molecule has 0 aliphatic rings. The predicted octanol–water partition coefficient (Wildman–Crippen LogP) is 3.05. The quantitative estimate of drug-likeness (QED) is 0.907. The number of nitrogens with two attached hydrogens (primary N) is 1. The van der Waals surface area contributed by atoms with E-state index in [0.717, 1.165) is 0 Å². The molecule has 0 aliphatic heterocycles. The van der Waals surface area contributed by atoms with Gasteiger partial charge in [0, 0.05) is 5.69 Å². The first kappa shape index (κ1) is 13.0. The summed E-state index contributed by atoms with van der Waals surface area (Å²) >= 11 is 0. The fraction of sp³-hybridized carbons (Fsp3) is 0.0714. The standard InChI is InChI=1S/C14H12F2N2O/c15-11-4-1-3-10(7-11)9-18(14(17)19)13-6-2-5-12(16)8-13/h1-8H,9H2,(H2,17,19). The summed E-state index contributed by atoms with van der Waals surface area (Å²) in [4.78, 5) is 12.6. The van der Waals surface area contributed by atoms with Gasteiger partial charge in [-0.25, -0.2) is 13.6 Å². The van der Waals surface area contributed by atoms with Gasteiger partial charge < -0.3 is 5.73 Å². The van der Waals surface area contributed by atoms with Crippen molar-refractivity contribution in [1.29, 1.82) is 0 Å². The summed E-state index contributed by atoms with van der Waals surface area (Å²) in [5.74, 6) is -0.871. The molecule has 0 saturated heterocycles. The summed E-state index contributed by atoms with van der Waals surface area (Å²) < 4.78 is 26.2. The van der Waals surface area contributed by atoms with E-state index in [1.54, 1.807) is 12.1 Å². The van der Waals surface area contributed by atoms with Crippen molar-refractivity contribution in [2.75, 3.05) is 4.90 Å². The number of carbonyl (C=O) groups is 1. The van der Waals surface area contributed by atoms with Crippen molar-refractivity contribution in [2.24, 2.45) is 5.73 Å². The molecule has 2 amide bonds. The van der Waals surface area contributed by atoms with Crippen LogP contribution in [0.15, 0.2) is 48.5 Å². The molecule has 0 bridgehead atoms. The predicted molar refractivity (Wildman–Crippen MR) is 68.6 cm³/mol. The number of anilines is 1. The lowest BCUT2D eigenvalue weighted by atomic mass is 10.2. The first-order valence-electron chi connectivity index (χ1n) is 5.63. The lowest BCUT2D eigenvalue weighted by Crippen LogP contribution is -2.35. The van der Waals surface area contributed by atoms with E-state index in [-0.39, 0.29) is 6.54 Å². The molecule has 0 heterocycles. The van der Waals surface area contributed by atoms with Crippen LogP contribution in [-0.4, -0.2) is 6.03 Å². The Hall–Kier alpha value is -2.43. The Morgan fingerprint density at radius 3 is 2.26 bits per heavy atom. The number of carbonyl (C=O) groups excluding carboxylic acids is 1. The van der Waals surface area contributed by atoms with Crippen molar-refractivity contribution >= 4 is 11.7 Å². The molecule has 0 aromatic heterocycles. The molecule has 2 aromatic carbocycles. The second-order valence-electron chi connectivity index (χ2n) is 4.03. The van der Waals surface area contributed by atoms with E-state index in [4.69, 9.17) is 5.73 Å². The Bertz CT molecular complexity index is 602. The molecule has 2 aromatic rings. The van der Waals surface area contributed by atoms with Crippen LogP contribution in [0.5, 0.6) is 0 Å². The average molecular weight is 262 g/mol. The summed E-state index contributed by atoms with van der Waals surface area (Å²) in [6, 6.07) is 10.6. The van der Waals surface area contributed by atoms with Gasteiger partial charge in [-0.1, -0.05) is 18.2 Å². The number of halogens is 2. The molecule has 0 fully saturated rings. The third-order valence-corrected chi connectivity index (χ3v) is 2.62. The molecule has 0 radical (unpaired) electrons. The number of amides is 2. The average Bonchev–Trinajstić information content (AvgIpc) is 2.35. The van der Waals surface area contributed by atoms with Crippen LogP contribution in [0.25, 0.3) is 0 Å². The summed E-state index contributed by atoms with van der Waals surface area (Å²) in [7, 11) is 0. The molecule has 0 aliphatic carbocycles. The van der Waals surface area contributed by atoms with E-state index < -0.39 is 17.7 Å². The molecule has 19 heavy (non-hydrogen) atoms. The maximum Gasteiger partial charge on any atom is 0.319 e. The zero-order valence-electron chi connectivity index (χ0n) is 10.0. The number of primary amides is 1. The molecule has 2 N–H and O–H groups in total. The summed E-state index contributed by atoms with van der Waals surface area (Å²) in [5, 5.41) is 0. The minimum atomic E-state index is -0.727. The topological polar surface area (TPSA) is 46.3 Å². The van der Waals surface area contributed by atoms with E-state index in [2.05, 4.69) is 0 Å². The van der Waals surface area contributed by atoms with Gasteiger partial charge in [0.2, 0.25) is 0 Å². The van der Waals surface area contributed by atoms with Crippen molar-refractivity contribution in [3.05, 3.63) is 65.7 Å². The van der Waals surface area contributed by atoms with E-state index in [1.165, 1.54) is 41.3 Å². The van der Waals surface area contributed by atoms with Crippen LogP contribution < -0.4 is 10.6 Å². The number of hydrogen-bond donors (Lipinski definition) is 1. The van der Waals surface area contributed by atoms with Crippen molar-refractivity contribution < 1.29 is 13.6 Å². The van der Waals surface area contributed by atoms with E-state index in [1.807, 2.05) is 0 Å². The van der Waals surface area contributed by atoms with Crippen LogP contribution in [-0.2, 0) is 6.54 Å². The van der Waals surface area contributed by atoms with Crippen molar-refractivity contribution in [3.63, 3.8) is 0 Å². The van der Waals surface area contributed by atoms with Gasteiger partial charge in [-0.05, 0) is 35.9 Å². The van der Waals surface area contributed by atoms with E-state index >= 15 is 0 Å². The number of rotatable bonds is 3. The highest BCUT2D eigenvalue weighted by atomic mass is 19.1. The molecular formula is C14H12F2N2O. The SMILES string of the molecule is NC(=O)N(Cc1cccc(F)c1)c1cccc(F)c1. The largest absolute Gasteiger partial charge is 0.351 e. The zero-order chi connectivity index (χ0) is 13.8. The van der Waals surface area contributed by atoms with E-state index in [0.29, 0.717) is 11.3 Å². The van der Waals surface area contributed by atoms with Gasteiger partial charge in [0.15, 0.2) is 0 Å². The number of nitrogens with zero attached hydrogens (tertiary/aromatic N) is 1. The highest BCUT2D eigenvalue weighted by molar-refractivity contribution is 5.90. The Labute approximate surface area is 109 Å². The Balaban J connectivity index is 2.29. The first-order chi connectivity index (χ1) is 9.06. The lowest BCUT2D eigenvalue weighted by molar-refractivity contribution is 0.253. The maximum absolute atomic E-state index is 13.2. The van der Waals surface area contributed by atoms with Crippen LogP contribution >= 0.6 is 0 Å². The smallest absolute Gasteiger partial charge is 0.319 e. The second-order valence-corrected chi connectivity index (χ2v) is 4.03. The van der Waals surface area contributed by atoms with Gasteiger partial charge in [-0.15, -0.1) is 0 Å². The van der Waals surface area contributed by atoms with Gasteiger partial charge in [0.05, 0.1) is 6.54 Å². The molecule has 2 rings (SSSR count). The van der Waals surface area contributed by atoms with Gasteiger partial charge in [-0.3, -0.25) is 4.90 Å². The third-order valence-electron chi connectivity index (χ3n) is 2.62. The highest BCUT2D eigenvalue weighted by Crippen LogP contribution is 2.18. The third kappa shape index (κ3) is 3.28. The molecule has 0 saturated carbocycles. The van der Waals surface area contributed by atoms with Gasteiger partial charge in [-0.2, -0.15) is 0 Å².